The van der Waals surface area contributed by atoms with Gasteiger partial charge in [-0.15, -0.1) is 0 Å². The summed E-state index contributed by atoms with van der Waals surface area (Å²) in [5.74, 6) is 0.589. The van der Waals surface area contributed by atoms with E-state index in [-0.39, 0.29) is 17.9 Å². The molecule has 0 atom stereocenters. The number of nitrogens with one attached hydrogen (secondary N) is 3. The first-order valence-corrected chi connectivity index (χ1v) is 9.59. The molecule has 0 unspecified atom stereocenters. The summed E-state index contributed by atoms with van der Waals surface area (Å²) in [7, 11) is 1.81. The first-order valence-electron chi connectivity index (χ1n) is 9.21. The van der Waals surface area contributed by atoms with Crippen molar-refractivity contribution in [1.29, 1.82) is 0 Å². The Balaban J connectivity index is 1.86. The van der Waals surface area contributed by atoms with Crippen molar-refractivity contribution in [1.82, 2.24) is 9.88 Å². The molecule has 1 aromatic heterocycles. The minimum atomic E-state index is -0.233. The maximum atomic E-state index is 12.8. The number of anilines is 2. The van der Waals surface area contributed by atoms with Crippen molar-refractivity contribution in [2.45, 2.75) is 39.8 Å². The molecule has 0 spiro atoms. The Morgan fingerprint density at radius 1 is 1.30 bits per heavy atom. The Hall–Kier alpha value is -2.47. The third-order valence-electron chi connectivity index (χ3n) is 4.99. The minimum Gasteiger partial charge on any atom is -0.385 e. The van der Waals surface area contributed by atoms with E-state index >= 15 is 0 Å². The molecule has 1 amide bonds. The molecule has 6 nitrogen and oxygen atoms in total. The number of carbonyl (C=O) groups excluding carboxylic acids is 1. The van der Waals surface area contributed by atoms with Crippen LogP contribution < -0.4 is 21.4 Å². The number of amides is 1. The van der Waals surface area contributed by atoms with Gasteiger partial charge in [0.15, 0.2) is 5.43 Å². The van der Waals surface area contributed by atoms with Gasteiger partial charge in [0.25, 0.3) is 5.91 Å². The van der Waals surface area contributed by atoms with Gasteiger partial charge in [-0.1, -0.05) is 11.6 Å². The molecule has 3 rings (SSSR count). The van der Waals surface area contributed by atoms with Gasteiger partial charge in [-0.2, -0.15) is 0 Å². The highest BCUT2D eigenvalue weighted by atomic mass is 35.5. The van der Waals surface area contributed by atoms with Crippen LogP contribution in [0, 0.1) is 6.92 Å². The second-order valence-corrected chi connectivity index (χ2v) is 7.10. The van der Waals surface area contributed by atoms with Crippen molar-refractivity contribution in [3.05, 3.63) is 55.8 Å². The number of fused-ring (bicyclic) bond motifs is 1. The first-order chi connectivity index (χ1) is 13.0. The Labute approximate surface area is 163 Å². The van der Waals surface area contributed by atoms with Gasteiger partial charge in [-0.25, -0.2) is 0 Å². The Morgan fingerprint density at radius 3 is 2.78 bits per heavy atom. The van der Waals surface area contributed by atoms with E-state index in [1.807, 2.05) is 27.0 Å². The van der Waals surface area contributed by atoms with E-state index in [2.05, 4.69) is 20.5 Å². The maximum Gasteiger partial charge on any atom is 0.251 e. The summed E-state index contributed by atoms with van der Waals surface area (Å²) in [6.07, 6.45) is 1.84. The molecule has 2 heterocycles. The number of carbonyl (C=O) groups is 1. The predicted octanol–water partition coefficient (Wildman–Crippen LogP) is 3.16. The van der Waals surface area contributed by atoms with Crippen LogP contribution >= 0.6 is 11.6 Å². The number of hydrogen-bond donors (Lipinski definition) is 3. The zero-order chi connectivity index (χ0) is 19.6. The van der Waals surface area contributed by atoms with Crippen LogP contribution in [0.25, 0.3) is 0 Å². The number of benzene rings is 1. The normalized spacial score (nSPS) is 12.6. The molecule has 1 aliphatic rings. The van der Waals surface area contributed by atoms with E-state index in [0.717, 1.165) is 48.7 Å². The van der Waals surface area contributed by atoms with Crippen LogP contribution in [0.2, 0.25) is 5.02 Å². The maximum absolute atomic E-state index is 12.8. The minimum absolute atomic E-state index is 0.0519. The number of nitrogens with zero attached hydrogens (tertiary/aromatic N) is 1. The molecule has 0 fully saturated rings. The number of rotatable bonds is 6. The zero-order valence-corrected chi connectivity index (χ0v) is 16.7. The quantitative estimate of drug-likeness (QED) is 0.710. The molecular weight excluding hydrogens is 364 g/mol. The van der Waals surface area contributed by atoms with Gasteiger partial charge in [-0.3, -0.25) is 9.59 Å². The van der Waals surface area contributed by atoms with Gasteiger partial charge in [0, 0.05) is 60.3 Å². The summed E-state index contributed by atoms with van der Waals surface area (Å²) in [5.41, 5.74) is 3.81. The summed E-state index contributed by atoms with van der Waals surface area (Å²) in [6.45, 7) is 5.70. The van der Waals surface area contributed by atoms with E-state index in [4.69, 9.17) is 11.6 Å². The highest BCUT2D eigenvalue weighted by Crippen LogP contribution is 2.25. The molecule has 0 saturated heterocycles. The molecule has 2 aromatic rings. The Kier molecular flexibility index (Phi) is 5.75. The van der Waals surface area contributed by atoms with Crippen molar-refractivity contribution in [3.8, 4) is 0 Å². The largest absolute Gasteiger partial charge is 0.385 e. The van der Waals surface area contributed by atoms with Crippen molar-refractivity contribution in [2.75, 3.05) is 24.2 Å². The number of aromatic nitrogens is 1. The zero-order valence-electron chi connectivity index (χ0n) is 15.9. The Bertz CT molecular complexity index is 937. The average molecular weight is 389 g/mol. The number of halogens is 1. The third kappa shape index (κ3) is 3.81. The van der Waals surface area contributed by atoms with Crippen molar-refractivity contribution < 1.29 is 4.79 Å². The lowest BCUT2D eigenvalue weighted by atomic mass is 10.1. The van der Waals surface area contributed by atoms with E-state index in [9.17, 15) is 9.59 Å². The second kappa shape index (κ2) is 8.05. The molecule has 1 aromatic carbocycles. The van der Waals surface area contributed by atoms with Crippen LogP contribution in [0.3, 0.4) is 0 Å². The van der Waals surface area contributed by atoms with E-state index in [1.165, 1.54) is 0 Å². The molecule has 144 valence electrons. The lowest BCUT2D eigenvalue weighted by molar-refractivity contribution is 0.0950. The fourth-order valence-corrected chi connectivity index (χ4v) is 3.85. The molecule has 0 radical (unpaired) electrons. The van der Waals surface area contributed by atoms with Gasteiger partial charge < -0.3 is 20.5 Å². The molecule has 0 bridgehead atoms. The number of hydrogen-bond acceptors (Lipinski definition) is 4. The topological polar surface area (TPSA) is 75.2 Å². The summed E-state index contributed by atoms with van der Waals surface area (Å²) >= 11 is 6.17. The molecule has 27 heavy (non-hydrogen) atoms. The smallest absolute Gasteiger partial charge is 0.251 e. The van der Waals surface area contributed by atoms with Crippen LogP contribution in [0.15, 0.2) is 23.0 Å². The fraction of sp³-hybridized carbons (Fsp3) is 0.400. The molecule has 1 aliphatic heterocycles. The molecular formula is C20H25ClN4O2. The van der Waals surface area contributed by atoms with Crippen LogP contribution in [-0.4, -0.2) is 24.1 Å². The second-order valence-electron chi connectivity index (χ2n) is 6.66. The van der Waals surface area contributed by atoms with E-state index in [0.29, 0.717) is 16.1 Å². The van der Waals surface area contributed by atoms with Gasteiger partial charge in [-0.05, 0) is 44.4 Å². The van der Waals surface area contributed by atoms with Crippen molar-refractivity contribution in [2.24, 2.45) is 0 Å². The first kappa shape index (κ1) is 19.3. The average Bonchev–Trinajstić information content (AvgIpc) is 3.12. The highest BCUT2D eigenvalue weighted by molar-refractivity contribution is 6.31. The molecule has 0 aliphatic carbocycles. The van der Waals surface area contributed by atoms with Gasteiger partial charge >= 0.3 is 0 Å². The SMILES string of the molecule is CCNc1cc(Cl)cc(C(=O)NCc2c3n(c(NC)cc2=O)CCC3)c1C. The van der Waals surface area contributed by atoms with Crippen molar-refractivity contribution in [3.63, 3.8) is 0 Å². The lowest BCUT2D eigenvalue weighted by Gasteiger charge is -2.16. The predicted molar refractivity (Wildman–Crippen MR) is 110 cm³/mol. The van der Waals surface area contributed by atoms with Gasteiger partial charge in [0.05, 0.1) is 0 Å². The van der Waals surface area contributed by atoms with E-state index in [1.54, 1.807) is 12.1 Å². The highest BCUT2D eigenvalue weighted by Gasteiger charge is 2.20. The van der Waals surface area contributed by atoms with Crippen LogP contribution in [0.4, 0.5) is 11.5 Å². The van der Waals surface area contributed by atoms with E-state index < -0.39 is 0 Å². The third-order valence-corrected chi connectivity index (χ3v) is 5.21. The standard InChI is InChI=1S/C20H25ClN4O2/c1-4-23-16-9-13(21)8-14(12(16)2)20(27)24-11-15-17-6-5-7-25(17)19(22-3)10-18(15)26/h8-10,22-23H,4-7,11H2,1-3H3,(H,24,27). The summed E-state index contributed by atoms with van der Waals surface area (Å²) in [6, 6.07) is 5.07. The van der Waals surface area contributed by atoms with Gasteiger partial charge in [0.2, 0.25) is 0 Å². The lowest BCUT2D eigenvalue weighted by Crippen LogP contribution is -2.29. The van der Waals surface area contributed by atoms with Crippen molar-refractivity contribution >= 4 is 29.0 Å². The fourth-order valence-electron chi connectivity index (χ4n) is 3.63. The van der Waals surface area contributed by atoms with Crippen LogP contribution in [0.5, 0.6) is 0 Å². The monoisotopic (exact) mass is 388 g/mol. The van der Waals surface area contributed by atoms with Crippen LogP contribution in [0.1, 0.15) is 40.5 Å². The molecule has 7 heteroatoms. The van der Waals surface area contributed by atoms with Crippen LogP contribution in [-0.2, 0) is 19.5 Å². The number of pyridine rings is 1. The van der Waals surface area contributed by atoms with Gasteiger partial charge in [0.1, 0.15) is 5.82 Å². The summed E-state index contributed by atoms with van der Waals surface area (Å²) in [4.78, 5) is 25.3. The summed E-state index contributed by atoms with van der Waals surface area (Å²) in [5, 5.41) is 9.69. The summed E-state index contributed by atoms with van der Waals surface area (Å²) < 4.78 is 2.12. The molecule has 0 saturated carbocycles. The molecule has 3 N–H and O–H groups in total. The Morgan fingerprint density at radius 2 is 2.07 bits per heavy atom.